The number of rotatable bonds is 6. The SMILES string of the molecule is COc1ccc(C(=O)Nc2nn(Cc3cccc(F)c3)cc2Cl)cc1[N+](=O)[O-]. The summed E-state index contributed by atoms with van der Waals surface area (Å²) in [7, 11) is 1.30. The van der Waals surface area contributed by atoms with Crippen LogP contribution >= 0.6 is 11.6 Å². The standard InChI is InChI=1S/C18H14ClFN4O4/c1-28-16-6-5-12(8-15(16)24(26)27)18(25)21-17-14(19)10-23(22-17)9-11-3-2-4-13(20)7-11/h2-8,10H,9H2,1H3,(H,21,22,25). The third-order valence-electron chi connectivity index (χ3n) is 3.82. The van der Waals surface area contributed by atoms with E-state index < -0.39 is 10.8 Å². The molecule has 0 spiro atoms. The molecular weight excluding hydrogens is 391 g/mol. The maximum atomic E-state index is 13.3. The first-order valence-corrected chi connectivity index (χ1v) is 8.36. The van der Waals surface area contributed by atoms with Gasteiger partial charge < -0.3 is 10.1 Å². The van der Waals surface area contributed by atoms with Crippen molar-refractivity contribution in [2.45, 2.75) is 6.54 Å². The Morgan fingerprint density at radius 1 is 1.36 bits per heavy atom. The van der Waals surface area contributed by atoms with Crippen LogP contribution in [0.5, 0.6) is 5.75 Å². The number of aromatic nitrogens is 2. The molecule has 0 saturated heterocycles. The van der Waals surface area contributed by atoms with E-state index in [2.05, 4.69) is 10.4 Å². The molecule has 3 rings (SSSR count). The van der Waals surface area contributed by atoms with Gasteiger partial charge in [0.1, 0.15) is 10.8 Å². The Morgan fingerprint density at radius 3 is 2.82 bits per heavy atom. The Morgan fingerprint density at radius 2 is 2.14 bits per heavy atom. The second-order valence-corrected chi connectivity index (χ2v) is 6.16. The molecule has 3 aromatic rings. The molecule has 1 N–H and O–H groups in total. The Hall–Kier alpha value is -3.46. The van der Waals surface area contributed by atoms with E-state index in [0.717, 1.165) is 6.07 Å². The molecule has 1 amide bonds. The van der Waals surface area contributed by atoms with Gasteiger partial charge in [0.15, 0.2) is 11.6 Å². The lowest BCUT2D eigenvalue weighted by Crippen LogP contribution is -2.13. The van der Waals surface area contributed by atoms with Crippen LogP contribution in [0.2, 0.25) is 5.02 Å². The van der Waals surface area contributed by atoms with Crippen molar-refractivity contribution >= 4 is 29.0 Å². The predicted octanol–water partition coefficient (Wildman–Crippen LogP) is 3.89. The minimum atomic E-state index is -0.643. The molecule has 2 aromatic carbocycles. The molecule has 0 saturated carbocycles. The largest absolute Gasteiger partial charge is 0.490 e. The van der Waals surface area contributed by atoms with Gasteiger partial charge in [-0.3, -0.25) is 19.6 Å². The lowest BCUT2D eigenvalue weighted by atomic mass is 10.1. The zero-order valence-electron chi connectivity index (χ0n) is 14.6. The zero-order valence-corrected chi connectivity index (χ0v) is 15.3. The van der Waals surface area contributed by atoms with Crippen LogP contribution < -0.4 is 10.1 Å². The zero-order chi connectivity index (χ0) is 20.3. The van der Waals surface area contributed by atoms with Crippen molar-refractivity contribution in [2.24, 2.45) is 0 Å². The van der Waals surface area contributed by atoms with E-state index in [-0.39, 0.29) is 40.2 Å². The molecule has 0 unspecified atom stereocenters. The first-order chi connectivity index (χ1) is 13.4. The van der Waals surface area contributed by atoms with E-state index in [9.17, 15) is 19.3 Å². The number of halogens is 2. The molecule has 0 aliphatic rings. The monoisotopic (exact) mass is 404 g/mol. The van der Waals surface area contributed by atoms with Gasteiger partial charge >= 0.3 is 5.69 Å². The lowest BCUT2D eigenvalue weighted by Gasteiger charge is -2.05. The molecule has 1 heterocycles. The number of ether oxygens (including phenoxy) is 1. The Balaban J connectivity index is 1.78. The fourth-order valence-electron chi connectivity index (χ4n) is 2.54. The van der Waals surface area contributed by atoms with Gasteiger partial charge in [0.05, 0.1) is 18.6 Å². The molecule has 0 aliphatic heterocycles. The molecule has 10 heteroatoms. The van der Waals surface area contributed by atoms with Gasteiger partial charge in [-0.2, -0.15) is 5.10 Å². The number of nitrogens with one attached hydrogen (secondary N) is 1. The number of hydrogen-bond acceptors (Lipinski definition) is 5. The van der Waals surface area contributed by atoms with Gasteiger partial charge in [-0.05, 0) is 29.8 Å². The third-order valence-corrected chi connectivity index (χ3v) is 4.10. The number of anilines is 1. The van der Waals surface area contributed by atoms with Crippen LogP contribution in [0.3, 0.4) is 0 Å². The molecular formula is C18H14ClFN4O4. The van der Waals surface area contributed by atoms with Crippen molar-refractivity contribution in [2.75, 3.05) is 12.4 Å². The first kappa shape index (κ1) is 19.3. The smallest absolute Gasteiger partial charge is 0.311 e. The van der Waals surface area contributed by atoms with Crippen molar-refractivity contribution in [1.29, 1.82) is 0 Å². The molecule has 144 valence electrons. The minimum Gasteiger partial charge on any atom is -0.490 e. The van der Waals surface area contributed by atoms with E-state index in [1.165, 1.54) is 42.3 Å². The van der Waals surface area contributed by atoms with Crippen molar-refractivity contribution in [3.05, 3.63) is 80.7 Å². The summed E-state index contributed by atoms with van der Waals surface area (Å²) in [5.74, 6) is -0.866. The number of carbonyl (C=O) groups is 1. The highest BCUT2D eigenvalue weighted by Gasteiger charge is 2.19. The number of benzene rings is 2. The number of nitro groups is 1. The quantitative estimate of drug-likeness (QED) is 0.496. The van der Waals surface area contributed by atoms with Crippen molar-refractivity contribution in [1.82, 2.24) is 9.78 Å². The maximum Gasteiger partial charge on any atom is 0.311 e. The number of carbonyl (C=O) groups excluding carboxylic acids is 1. The molecule has 0 atom stereocenters. The highest BCUT2D eigenvalue weighted by Crippen LogP contribution is 2.28. The van der Waals surface area contributed by atoms with E-state index in [1.54, 1.807) is 12.1 Å². The summed E-state index contributed by atoms with van der Waals surface area (Å²) < 4.78 is 19.6. The summed E-state index contributed by atoms with van der Waals surface area (Å²) in [6.45, 7) is 0.251. The van der Waals surface area contributed by atoms with Crippen molar-refractivity contribution in [3.63, 3.8) is 0 Å². The van der Waals surface area contributed by atoms with Gasteiger partial charge in [0.25, 0.3) is 5.91 Å². The molecule has 1 aromatic heterocycles. The predicted molar refractivity (Wildman–Crippen MR) is 100 cm³/mol. The molecule has 0 fully saturated rings. The molecule has 0 radical (unpaired) electrons. The van der Waals surface area contributed by atoms with Gasteiger partial charge in [-0.1, -0.05) is 23.7 Å². The molecule has 0 bridgehead atoms. The van der Waals surface area contributed by atoms with Crippen LogP contribution in [0.15, 0.2) is 48.7 Å². The summed E-state index contributed by atoms with van der Waals surface area (Å²) in [6, 6.07) is 9.83. The Bertz CT molecular complexity index is 1050. The van der Waals surface area contributed by atoms with E-state index >= 15 is 0 Å². The van der Waals surface area contributed by atoms with E-state index in [0.29, 0.717) is 5.56 Å². The van der Waals surface area contributed by atoms with Gasteiger partial charge in [-0.25, -0.2) is 4.39 Å². The van der Waals surface area contributed by atoms with Crippen LogP contribution in [-0.2, 0) is 6.54 Å². The maximum absolute atomic E-state index is 13.3. The summed E-state index contributed by atoms with van der Waals surface area (Å²) in [4.78, 5) is 22.9. The van der Waals surface area contributed by atoms with Crippen molar-refractivity contribution in [3.8, 4) is 5.75 Å². The summed E-state index contributed by atoms with van der Waals surface area (Å²) in [5, 5.41) is 17.9. The third kappa shape index (κ3) is 4.26. The highest BCUT2D eigenvalue weighted by molar-refractivity contribution is 6.33. The number of nitrogens with zero attached hydrogens (tertiary/aromatic N) is 3. The lowest BCUT2D eigenvalue weighted by molar-refractivity contribution is -0.385. The van der Waals surface area contributed by atoms with Crippen LogP contribution in [0, 0.1) is 15.9 Å². The Labute approximate surface area is 163 Å². The minimum absolute atomic E-state index is 0.0407. The normalized spacial score (nSPS) is 10.5. The molecule has 28 heavy (non-hydrogen) atoms. The molecule has 0 aliphatic carbocycles. The van der Waals surface area contributed by atoms with Crippen LogP contribution in [0.1, 0.15) is 15.9 Å². The number of methoxy groups -OCH3 is 1. The fourth-order valence-corrected chi connectivity index (χ4v) is 2.74. The average Bonchev–Trinajstić information content (AvgIpc) is 2.99. The molecule has 8 nitrogen and oxygen atoms in total. The summed E-state index contributed by atoms with van der Waals surface area (Å²) in [5.41, 5.74) is 0.379. The highest BCUT2D eigenvalue weighted by atomic mass is 35.5. The second-order valence-electron chi connectivity index (χ2n) is 5.75. The topological polar surface area (TPSA) is 99.3 Å². The van der Waals surface area contributed by atoms with E-state index in [1.807, 2.05) is 0 Å². The first-order valence-electron chi connectivity index (χ1n) is 7.98. The van der Waals surface area contributed by atoms with Crippen LogP contribution in [-0.4, -0.2) is 27.7 Å². The number of nitro benzene ring substituents is 1. The fraction of sp³-hybridized carbons (Fsp3) is 0.111. The number of amides is 1. The van der Waals surface area contributed by atoms with Crippen molar-refractivity contribution < 1.29 is 18.8 Å². The average molecular weight is 405 g/mol. The van der Waals surface area contributed by atoms with Crippen LogP contribution in [0.4, 0.5) is 15.9 Å². The van der Waals surface area contributed by atoms with E-state index in [4.69, 9.17) is 16.3 Å². The van der Waals surface area contributed by atoms with Gasteiger partial charge in [-0.15, -0.1) is 0 Å². The second kappa shape index (κ2) is 8.05. The summed E-state index contributed by atoms with van der Waals surface area (Å²) >= 11 is 6.10. The van der Waals surface area contributed by atoms with Gasteiger partial charge in [0.2, 0.25) is 0 Å². The number of hydrogen-bond donors (Lipinski definition) is 1. The van der Waals surface area contributed by atoms with Gasteiger partial charge in [0, 0.05) is 17.8 Å². The Kier molecular flexibility index (Phi) is 5.55. The van der Waals surface area contributed by atoms with Crippen LogP contribution in [0.25, 0.3) is 0 Å². The summed E-state index contributed by atoms with van der Waals surface area (Å²) in [6.07, 6.45) is 1.48.